The molecule has 0 aromatic carbocycles. The average Bonchev–Trinajstić information content (AvgIpc) is 2.65. The highest BCUT2D eigenvalue weighted by Crippen LogP contribution is 2.40. The van der Waals surface area contributed by atoms with Gasteiger partial charge < -0.3 is 10.6 Å². The molecule has 0 aromatic rings. The number of hydrogen-bond acceptors (Lipinski definition) is 4. The van der Waals surface area contributed by atoms with Gasteiger partial charge in [-0.3, -0.25) is 9.05 Å². The quantitative estimate of drug-likeness (QED) is 0.202. The Kier molecular flexibility index (Phi) is 25.1. The third-order valence-corrected chi connectivity index (χ3v) is 5.44. The predicted octanol–water partition coefficient (Wildman–Crippen LogP) is 6.59. The van der Waals surface area contributed by atoms with Crippen molar-refractivity contribution in [1.82, 2.24) is 0 Å². The van der Waals surface area contributed by atoms with Gasteiger partial charge in [0.1, 0.15) is 0 Å². The van der Waals surface area contributed by atoms with Gasteiger partial charge in [0.05, 0.1) is 0 Å². The summed E-state index contributed by atoms with van der Waals surface area (Å²) in [7, 11) is -1.45. The van der Waals surface area contributed by atoms with E-state index < -0.39 is 7.82 Å². The molecule has 0 rings (SSSR count). The highest BCUT2D eigenvalue weighted by atomic mass is 31.2. The van der Waals surface area contributed by atoms with Gasteiger partial charge in [0, 0.05) is 14.2 Å². The molecule has 0 spiro atoms. The molecule has 5 nitrogen and oxygen atoms in total. The van der Waals surface area contributed by atoms with E-state index in [0.29, 0.717) is 0 Å². The lowest BCUT2D eigenvalue weighted by molar-refractivity contribution is 0.204. The Morgan fingerprint density at radius 3 is 1.12 bits per heavy atom. The lowest BCUT2D eigenvalue weighted by Gasteiger charge is -2.03. The van der Waals surface area contributed by atoms with E-state index in [1.165, 1.54) is 103 Å². The summed E-state index contributed by atoms with van der Waals surface area (Å²) < 4.78 is 18.0. The lowest BCUT2D eigenvalue weighted by Crippen LogP contribution is -1.97. The van der Waals surface area contributed by atoms with E-state index in [2.05, 4.69) is 16.0 Å². The Morgan fingerprint density at radius 1 is 0.654 bits per heavy atom. The summed E-state index contributed by atoms with van der Waals surface area (Å²) in [5.41, 5.74) is 5.48. The van der Waals surface area contributed by atoms with Gasteiger partial charge in [0.15, 0.2) is 0 Å². The van der Waals surface area contributed by atoms with Crippen LogP contribution in [0.4, 0.5) is 0 Å². The van der Waals surface area contributed by atoms with Crippen LogP contribution in [0.2, 0.25) is 0 Å². The fourth-order valence-electron chi connectivity index (χ4n) is 2.77. The number of hydrogen-bond donors (Lipinski definition) is 2. The topological polar surface area (TPSA) is 81.8 Å². The van der Waals surface area contributed by atoms with Crippen LogP contribution in [-0.4, -0.2) is 25.7 Å². The molecule has 0 heterocycles. The van der Waals surface area contributed by atoms with Gasteiger partial charge in [0.25, 0.3) is 0 Å². The first-order valence-corrected chi connectivity index (χ1v) is 12.2. The van der Waals surface area contributed by atoms with E-state index in [-0.39, 0.29) is 0 Å². The van der Waals surface area contributed by atoms with Crippen LogP contribution in [0, 0.1) is 0 Å². The highest BCUT2D eigenvalue weighted by Gasteiger charge is 2.13. The van der Waals surface area contributed by atoms with Gasteiger partial charge >= 0.3 is 7.82 Å². The average molecular weight is 396 g/mol. The van der Waals surface area contributed by atoms with Gasteiger partial charge in [-0.1, -0.05) is 103 Å². The van der Waals surface area contributed by atoms with Crippen LogP contribution in [0.15, 0.2) is 0 Å². The minimum absolute atomic E-state index is 0.873. The van der Waals surface area contributed by atoms with Gasteiger partial charge in [-0.2, -0.15) is 0 Å². The summed E-state index contributed by atoms with van der Waals surface area (Å²) in [6.45, 7) is 3.16. The second-order valence-corrected chi connectivity index (χ2v) is 8.59. The fourth-order valence-corrected chi connectivity index (χ4v) is 2.92. The summed E-state index contributed by atoms with van der Waals surface area (Å²) in [6, 6.07) is 0. The summed E-state index contributed by atoms with van der Waals surface area (Å²) in [5.74, 6) is 0. The van der Waals surface area contributed by atoms with E-state index in [4.69, 9.17) is 10.6 Å². The first kappa shape index (κ1) is 28.3. The smallest absolute Gasteiger partial charge is 0.330 e. The number of phosphoric ester groups is 1. The Bertz CT molecular complexity index is 280. The molecule has 160 valence electrons. The summed E-state index contributed by atoms with van der Waals surface area (Å²) in [5, 5.41) is 0. The van der Waals surface area contributed by atoms with Crippen molar-refractivity contribution in [2.24, 2.45) is 5.73 Å². The molecule has 6 heteroatoms. The molecule has 0 saturated carbocycles. The second-order valence-electron chi connectivity index (χ2n) is 6.93. The van der Waals surface area contributed by atoms with Crippen molar-refractivity contribution in [2.45, 2.75) is 110 Å². The van der Waals surface area contributed by atoms with Crippen LogP contribution in [0.25, 0.3) is 0 Å². The molecule has 26 heavy (non-hydrogen) atoms. The largest absolute Gasteiger partial charge is 0.471 e. The number of phosphoric acid groups is 1. The molecular formula is C20H46NO4P. The molecular weight excluding hydrogens is 349 g/mol. The molecule has 0 aliphatic rings. The van der Waals surface area contributed by atoms with Gasteiger partial charge in [0.2, 0.25) is 0 Å². The Morgan fingerprint density at radius 2 is 0.923 bits per heavy atom. The SMILES string of the molecule is CCCCCCCCCCCCCCCCCCN.COP(=O)(O)OC. The normalized spacial score (nSPS) is 11.3. The minimum Gasteiger partial charge on any atom is -0.330 e. The van der Waals surface area contributed by atoms with Crippen molar-refractivity contribution < 1.29 is 18.5 Å². The monoisotopic (exact) mass is 395 g/mol. The molecule has 0 aromatic heterocycles. The number of nitrogens with two attached hydrogens (primary N) is 1. The van der Waals surface area contributed by atoms with Gasteiger partial charge in [-0.05, 0) is 13.0 Å². The molecule has 0 atom stereocenters. The third kappa shape index (κ3) is 26.3. The maximum Gasteiger partial charge on any atom is 0.471 e. The molecule has 0 radical (unpaired) electrons. The van der Waals surface area contributed by atoms with Crippen molar-refractivity contribution >= 4 is 7.82 Å². The zero-order valence-corrected chi connectivity index (χ0v) is 18.6. The molecule has 0 bridgehead atoms. The van der Waals surface area contributed by atoms with Crippen molar-refractivity contribution in [3.05, 3.63) is 0 Å². The Balaban J connectivity index is 0. The lowest BCUT2D eigenvalue weighted by atomic mass is 10.0. The Hall–Kier alpha value is 0.0700. The van der Waals surface area contributed by atoms with Crippen LogP contribution in [-0.2, 0) is 13.6 Å². The Labute approximate surface area is 163 Å². The standard InChI is InChI=1S/C18H39N.C2H7O4P/c1-2-3-4-5-6-7-8-9-10-11-12-13-14-15-16-17-18-19;1-5-7(3,4)6-2/h2-19H2,1H3;1-2H3,(H,3,4). The second kappa shape index (κ2) is 23.1. The van der Waals surface area contributed by atoms with E-state index in [1.807, 2.05) is 0 Å². The number of rotatable bonds is 18. The van der Waals surface area contributed by atoms with Crippen LogP contribution >= 0.6 is 7.82 Å². The van der Waals surface area contributed by atoms with Crippen LogP contribution in [0.5, 0.6) is 0 Å². The van der Waals surface area contributed by atoms with E-state index in [9.17, 15) is 4.57 Å². The van der Waals surface area contributed by atoms with Crippen molar-refractivity contribution in [1.29, 1.82) is 0 Å². The number of unbranched alkanes of at least 4 members (excludes halogenated alkanes) is 15. The maximum absolute atomic E-state index is 10.1. The van der Waals surface area contributed by atoms with Crippen molar-refractivity contribution in [3.63, 3.8) is 0 Å². The zero-order valence-electron chi connectivity index (χ0n) is 17.7. The summed E-state index contributed by atoms with van der Waals surface area (Å²) in [6.07, 6.45) is 22.9. The van der Waals surface area contributed by atoms with Crippen molar-refractivity contribution in [2.75, 3.05) is 20.8 Å². The van der Waals surface area contributed by atoms with E-state index in [1.54, 1.807) is 0 Å². The van der Waals surface area contributed by atoms with Gasteiger partial charge in [-0.15, -0.1) is 0 Å². The highest BCUT2D eigenvalue weighted by molar-refractivity contribution is 7.47. The fraction of sp³-hybridized carbons (Fsp3) is 1.00. The zero-order chi connectivity index (χ0) is 19.9. The summed E-state index contributed by atoms with van der Waals surface area (Å²) in [4.78, 5) is 8.24. The van der Waals surface area contributed by atoms with Crippen LogP contribution in [0.1, 0.15) is 110 Å². The maximum atomic E-state index is 10.1. The molecule has 0 unspecified atom stereocenters. The molecule has 0 saturated heterocycles. The molecule has 3 N–H and O–H groups in total. The van der Waals surface area contributed by atoms with Crippen LogP contribution < -0.4 is 5.73 Å². The molecule has 0 fully saturated rings. The van der Waals surface area contributed by atoms with Gasteiger partial charge in [-0.25, -0.2) is 4.57 Å². The first-order chi connectivity index (χ1) is 12.5. The van der Waals surface area contributed by atoms with E-state index in [0.717, 1.165) is 20.8 Å². The first-order valence-electron chi connectivity index (χ1n) is 10.7. The third-order valence-electron chi connectivity index (χ3n) is 4.52. The minimum atomic E-state index is -3.65. The van der Waals surface area contributed by atoms with Crippen LogP contribution in [0.3, 0.4) is 0 Å². The molecule has 0 aliphatic carbocycles. The summed E-state index contributed by atoms with van der Waals surface area (Å²) >= 11 is 0. The predicted molar refractivity (Wildman–Crippen MR) is 112 cm³/mol. The molecule has 0 aliphatic heterocycles. The van der Waals surface area contributed by atoms with Crippen molar-refractivity contribution in [3.8, 4) is 0 Å². The molecule has 0 amide bonds. The van der Waals surface area contributed by atoms with E-state index >= 15 is 0 Å².